The number of aromatic nitrogens is 3. The van der Waals surface area contributed by atoms with Gasteiger partial charge in [0.2, 0.25) is 0 Å². The average Bonchev–Trinajstić information content (AvgIpc) is 2.93. The van der Waals surface area contributed by atoms with E-state index in [0.717, 1.165) is 39.0 Å². The van der Waals surface area contributed by atoms with E-state index in [2.05, 4.69) is 106 Å². The van der Waals surface area contributed by atoms with E-state index in [1.54, 1.807) is 6.33 Å². The van der Waals surface area contributed by atoms with Gasteiger partial charge in [-0.25, -0.2) is 9.97 Å². The first-order valence-corrected chi connectivity index (χ1v) is 11.3. The summed E-state index contributed by atoms with van der Waals surface area (Å²) in [5.41, 5.74) is 8.61. The van der Waals surface area contributed by atoms with Crippen molar-refractivity contribution in [2.24, 2.45) is 0 Å². The molecule has 2 aromatic heterocycles. The first-order chi connectivity index (χ1) is 16.8. The second-order valence-electron chi connectivity index (χ2n) is 8.22. The maximum Gasteiger partial charge on any atom is 0.116 e. The number of benzene rings is 4. The molecule has 2 heterocycles. The van der Waals surface area contributed by atoms with Crippen LogP contribution in [0.3, 0.4) is 0 Å². The fourth-order valence-electron chi connectivity index (χ4n) is 4.30. The van der Waals surface area contributed by atoms with E-state index in [4.69, 9.17) is 0 Å². The maximum atomic E-state index is 4.53. The van der Waals surface area contributed by atoms with Gasteiger partial charge in [-0.1, -0.05) is 103 Å². The smallest absolute Gasteiger partial charge is 0.116 e. The Morgan fingerprint density at radius 3 is 1.71 bits per heavy atom. The lowest BCUT2D eigenvalue weighted by atomic mass is 9.99. The van der Waals surface area contributed by atoms with Crippen molar-refractivity contribution < 1.29 is 0 Å². The number of hydrogen-bond acceptors (Lipinski definition) is 3. The summed E-state index contributed by atoms with van der Waals surface area (Å²) in [4.78, 5) is 13.5. The van der Waals surface area contributed by atoms with Gasteiger partial charge in [0.1, 0.15) is 6.33 Å². The Kier molecular flexibility index (Phi) is 5.13. The van der Waals surface area contributed by atoms with Crippen LogP contribution in [0.15, 0.2) is 128 Å². The zero-order valence-corrected chi connectivity index (χ0v) is 18.5. The Morgan fingerprint density at radius 2 is 1.00 bits per heavy atom. The molecule has 0 fully saturated rings. The van der Waals surface area contributed by atoms with Crippen LogP contribution in [-0.2, 0) is 0 Å². The second kappa shape index (κ2) is 8.72. The summed E-state index contributed by atoms with van der Waals surface area (Å²) < 4.78 is 0. The molecular formula is C31H21N3. The minimum atomic E-state index is 0.903. The fraction of sp³-hybridized carbons (Fsp3) is 0. The SMILES string of the molecule is c1ccc(-c2ccc(-c3cc(-c4ccc(-c5cncc6ccccc56)cc4)ncn3)cc2)cc1. The van der Waals surface area contributed by atoms with Gasteiger partial charge in [0.15, 0.2) is 0 Å². The van der Waals surface area contributed by atoms with E-state index in [1.165, 1.54) is 16.5 Å². The van der Waals surface area contributed by atoms with Gasteiger partial charge in [-0.3, -0.25) is 4.98 Å². The Balaban J connectivity index is 1.30. The minimum absolute atomic E-state index is 0.903. The number of rotatable bonds is 4. The highest BCUT2D eigenvalue weighted by Crippen LogP contribution is 2.30. The van der Waals surface area contributed by atoms with Gasteiger partial charge in [-0.05, 0) is 28.1 Å². The van der Waals surface area contributed by atoms with Gasteiger partial charge in [0, 0.05) is 34.5 Å². The van der Waals surface area contributed by atoms with Crippen LogP contribution in [0.4, 0.5) is 0 Å². The maximum absolute atomic E-state index is 4.53. The Morgan fingerprint density at radius 1 is 0.441 bits per heavy atom. The van der Waals surface area contributed by atoms with Crippen LogP contribution in [-0.4, -0.2) is 15.0 Å². The highest BCUT2D eigenvalue weighted by molar-refractivity contribution is 5.95. The third-order valence-corrected chi connectivity index (χ3v) is 6.11. The van der Waals surface area contributed by atoms with E-state index in [-0.39, 0.29) is 0 Å². The summed E-state index contributed by atoms with van der Waals surface area (Å²) in [6.45, 7) is 0. The first kappa shape index (κ1) is 20.0. The van der Waals surface area contributed by atoms with Crippen LogP contribution < -0.4 is 0 Å². The third kappa shape index (κ3) is 3.84. The molecule has 0 spiro atoms. The monoisotopic (exact) mass is 435 g/mol. The van der Waals surface area contributed by atoms with Crippen LogP contribution in [0.5, 0.6) is 0 Å². The molecule has 0 bridgehead atoms. The molecule has 3 nitrogen and oxygen atoms in total. The lowest BCUT2D eigenvalue weighted by molar-refractivity contribution is 1.18. The summed E-state index contributed by atoms with van der Waals surface area (Å²) >= 11 is 0. The van der Waals surface area contributed by atoms with Crippen LogP contribution >= 0.6 is 0 Å². The molecule has 0 amide bonds. The van der Waals surface area contributed by atoms with E-state index >= 15 is 0 Å². The molecule has 0 aliphatic rings. The van der Waals surface area contributed by atoms with Gasteiger partial charge >= 0.3 is 0 Å². The number of pyridine rings is 1. The third-order valence-electron chi connectivity index (χ3n) is 6.11. The summed E-state index contributed by atoms with van der Waals surface area (Å²) in [6, 6.07) is 37.8. The first-order valence-electron chi connectivity index (χ1n) is 11.3. The van der Waals surface area contributed by atoms with Gasteiger partial charge in [-0.15, -0.1) is 0 Å². The Hall–Kier alpha value is -4.63. The van der Waals surface area contributed by atoms with Gasteiger partial charge in [-0.2, -0.15) is 0 Å². The number of nitrogens with zero attached hydrogens (tertiary/aromatic N) is 3. The number of fused-ring (bicyclic) bond motifs is 1. The lowest BCUT2D eigenvalue weighted by Gasteiger charge is -2.09. The highest BCUT2D eigenvalue weighted by atomic mass is 14.8. The lowest BCUT2D eigenvalue weighted by Crippen LogP contribution is -1.90. The van der Waals surface area contributed by atoms with Crippen LogP contribution in [0, 0.1) is 0 Å². The van der Waals surface area contributed by atoms with Crippen molar-refractivity contribution >= 4 is 10.8 Å². The molecule has 3 heteroatoms. The molecule has 0 atom stereocenters. The van der Waals surface area contributed by atoms with Crippen molar-refractivity contribution in [2.75, 3.05) is 0 Å². The van der Waals surface area contributed by atoms with Crippen molar-refractivity contribution in [1.82, 2.24) is 15.0 Å². The largest absolute Gasteiger partial charge is 0.263 e. The van der Waals surface area contributed by atoms with Crippen molar-refractivity contribution in [3.8, 4) is 44.8 Å². The molecule has 0 aliphatic heterocycles. The summed E-state index contributed by atoms with van der Waals surface area (Å²) in [7, 11) is 0. The molecule has 0 saturated carbocycles. The summed E-state index contributed by atoms with van der Waals surface area (Å²) in [5, 5.41) is 2.34. The fourth-order valence-corrected chi connectivity index (χ4v) is 4.30. The predicted molar refractivity (Wildman–Crippen MR) is 139 cm³/mol. The molecule has 34 heavy (non-hydrogen) atoms. The van der Waals surface area contributed by atoms with E-state index in [0.29, 0.717) is 0 Å². The molecular weight excluding hydrogens is 414 g/mol. The molecule has 0 radical (unpaired) electrons. The van der Waals surface area contributed by atoms with E-state index < -0.39 is 0 Å². The van der Waals surface area contributed by atoms with Gasteiger partial charge in [0.05, 0.1) is 11.4 Å². The number of hydrogen-bond donors (Lipinski definition) is 0. The Bertz CT molecular complexity index is 1570. The predicted octanol–water partition coefficient (Wildman–Crippen LogP) is 7.69. The molecule has 160 valence electrons. The molecule has 0 N–H and O–H groups in total. The summed E-state index contributed by atoms with van der Waals surface area (Å²) in [5.74, 6) is 0. The topological polar surface area (TPSA) is 38.7 Å². The molecule has 6 rings (SSSR count). The van der Waals surface area contributed by atoms with Crippen LogP contribution in [0.25, 0.3) is 55.5 Å². The summed E-state index contributed by atoms with van der Waals surface area (Å²) in [6.07, 6.45) is 5.47. The highest BCUT2D eigenvalue weighted by Gasteiger charge is 2.08. The average molecular weight is 436 g/mol. The van der Waals surface area contributed by atoms with Crippen LogP contribution in [0.1, 0.15) is 0 Å². The normalized spacial score (nSPS) is 10.9. The molecule has 0 aliphatic carbocycles. The van der Waals surface area contributed by atoms with Crippen molar-refractivity contribution in [2.45, 2.75) is 0 Å². The molecule has 0 unspecified atom stereocenters. The van der Waals surface area contributed by atoms with Crippen LogP contribution in [0.2, 0.25) is 0 Å². The van der Waals surface area contributed by atoms with Gasteiger partial charge in [0.25, 0.3) is 0 Å². The zero-order valence-electron chi connectivity index (χ0n) is 18.5. The van der Waals surface area contributed by atoms with Gasteiger partial charge < -0.3 is 0 Å². The molecule has 0 saturated heterocycles. The van der Waals surface area contributed by atoms with E-state index in [9.17, 15) is 0 Å². The zero-order chi connectivity index (χ0) is 22.7. The van der Waals surface area contributed by atoms with E-state index in [1.807, 2.05) is 30.6 Å². The second-order valence-corrected chi connectivity index (χ2v) is 8.22. The quantitative estimate of drug-likeness (QED) is 0.285. The standard InChI is InChI=1S/C31H21N3/c1-2-6-22(7-3-1)23-10-14-25(15-11-23)30-18-31(34-21-33-30)26-16-12-24(13-17-26)29-20-32-19-27-8-4-5-9-28(27)29/h1-21H. The van der Waals surface area contributed by atoms with Crippen molar-refractivity contribution in [1.29, 1.82) is 0 Å². The molecule has 4 aromatic carbocycles. The Labute approximate surface area is 198 Å². The molecule has 6 aromatic rings. The van der Waals surface area contributed by atoms with Crippen molar-refractivity contribution in [3.63, 3.8) is 0 Å². The van der Waals surface area contributed by atoms with Crippen molar-refractivity contribution in [3.05, 3.63) is 128 Å². The minimum Gasteiger partial charge on any atom is -0.263 e.